The summed E-state index contributed by atoms with van der Waals surface area (Å²) in [5.74, 6) is -1.35. The number of H-pyrrole nitrogens is 1. The fourth-order valence-corrected chi connectivity index (χ4v) is 3.24. The molecule has 4 aromatic rings. The number of ether oxygens (including phenoxy) is 3. The maximum atomic E-state index is 12.8. The first-order valence-corrected chi connectivity index (χ1v) is 10.3. The molecule has 2 aromatic heterocycles. The Morgan fingerprint density at radius 3 is 2.59 bits per heavy atom. The van der Waals surface area contributed by atoms with Gasteiger partial charge in [0.1, 0.15) is 17.9 Å². The van der Waals surface area contributed by atoms with Crippen molar-refractivity contribution in [1.82, 2.24) is 19.5 Å². The molecule has 0 saturated carbocycles. The van der Waals surface area contributed by atoms with Gasteiger partial charge in [-0.2, -0.15) is 4.98 Å². The number of hydrogen-bond acceptors (Lipinski definition) is 9. The second-order valence-electron chi connectivity index (χ2n) is 7.04. The van der Waals surface area contributed by atoms with Crippen LogP contribution in [0.25, 0.3) is 11.2 Å². The molecule has 0 aliphatic rings. The monoisotopic (exact) mass is 463 g/mol. The Bertz CT molecular complexity index is 1380. The van der Waals surface area contributed by atoms with Crippen molar-refractivity contribution in [1.29, 1.82) is 0 Å². The Kier molecular flexibility index (Phi) is 6.64. The van der Waals surface area contributed by atoms with Crippen LogP contribution in [0.15, 0.2) is 65.7 Å². The van der Waals surface area contributed by atoms with Crippen LogP contribution >= 0.6 is 0 Å². The summed E-state index contributed by atoms with van der Waals surface area (Å²) in [5, 5.41) is 0. The van der Waals surface area contributed by atoms with Crippen molar-refractivity contribution >= 4 is 29.1 Å². The molecule has 2 heterocycles. The predicted octanol–water partition coefficient (Wildman–Crippen LogP) is 2.31. The number of esters is 2. The third-order valence-corrected chi connectivity index (χ3v) is 4.80. The van der Waals surface area contributed by atoms with Gasteiger partial charge in [0, 0.05) is 6.61 Å². The zero-order chi connectivity index (χ0) is 24.1. The van der Waals surface area contributed by atoms with E-state index in [-0.39, 0.29) is 41.6 Å². The molecule has 2 aromatic carbocycles. The van der Waals surface area contributed by atoms with E-state index in [1.54, 1.807) is 49.4 Å². The standard InChI is InChI=1S/C23H21N5O6/c1-2-32-17(28-13-25-18-19(28)26-23(24)27-20(18)29)12-33-22(31)15-10-6-7-11-16(15)34-21(30)14-8-4-3-5-9-14/h3-11,13,17H,2,12H2,1H3,(H3,24,26,27,29). The number of anilines is 1. The van der Waals surface area contributed by atoms with Gasteiger partial charge in [-0.25, -0.2) is 14.6 Å². The molecule has 11 nitrogen and oxygen atoms in total. The first-order chi connectivity index (χ1) is 16.5. The van der Waals surface area contributed by atoms with Crippen LogP contribution in [0, 0.1) is 0 Å². The number of nitrogens with zero attached hydrogens (tertiary/aromatic N) is 3. The van der Waals surface area contributed by atoms with E-state index in [9.17, 15) is 14.4 Å². The largest absolute Gasteiger partial charge is 0.457 e. The third kappa shape index (κ3) is 4.79. The molecule has 0 aliphatic heterocycles. The van der Waals surface area contributed by atoms with Gasteiger partial charge in [-0.1, -0.05) is 30.3 Å². The fourth-order valence-electron chi connectivity index (χ4n) is 3.24. The predicted molar refractivity (Wildman–Crippen MR) is 121 cm³/mol. The van der Waals surface area contributed by atoms with E-state index in [1.165, 1.54) is 23.0 Å². The lowest BCUT2D eigenvalue weighted by Gasteiger charge is -2.19. The number of aromatic nitrogens is 4. The molecule has 174 valence electrons. The summed E-state index contributed by atoms with van der Waals surface area (Å²) in [6, 6.07) is 14.7. The molecule has 34 heavy (non-hydrogen) atoms. The van der Waals surface area contributed by atoms with Crippen LogP contribution in [0.4, 0.5) is 5.95 Å². The number of rotatable bonds is 8. The summed E-state index contributed by atoms with van der Waals surface area (Å²) >= 11 is 0. The minimum Gasteiger partial charge on any atom is -0.457 e. The number of benzene rings is 2. The second kappa shape index (κ2) is 9.96. The van der Waals surface area contributed by atoms with Gasteiger partial charge >= 0.3 is 11.9 Å². The smallest absolute Gasteiger partial charge is 0.343 e. The summed E-state index contributed by atoms with van der Waals surface area (Å²) in [5.41, 5.74) is 5.82. The zero-order valence-corrected chi connectivity index (χ0v) is 18.1. The van der Waals surface area contributed by atoms with Crippen LogP contribution in [0.3, 0.4) is 0 Å². The normalized spacial score (nSPS) is 11.8. The van der Waals surface area contributed by atoms with Crippen molar-refractivity contribution in [2.75, 3.05) is 18.9 Å². The zero-order valence-electron chi connectivity index (χ0n) is 18.1. The van der Waals surface area contributed by atoms with Gasteiger partial charge < -0.3 is 19.9 Å². The van der Waals surface area contributed by atoms with Crippen LogP contribution in [0.2, 0.25) is 0 Å². The van der Waals surface area contributed by atoms with Crippen LogP contribution in [-0.4, -0.2) is 44.7 Å². The van der Waals surface area contributed by atoms with E-state index < -0.39 is 23.7 Å². The van der Waals surface area contributed by atoms with Crippen molar-refractivity contribution in [3.8, 4) is 5.75 Å². The first kappa shape index (κ1) is 22.7. The highest BCUT2D eigenvalue weighted by atomic mass is 16.6. The van der Waals surface area contributed by atoms with Crippen LogP contribution in [0.5, 0.6) is 5.75 Å². The van der Waals surface area contributed by atoms with Gasteiger partial charge in [-0.05, 0) is 31.2 Å². The number of nitrogens with two attached hydrogens (primary N) is 1. The molecule has 0 fully saturated rings. The summed E-state index contributed by atoms with van der Waals surface area (Å²) in [7, 11) is 0. The van der Waals surface area contributed by atoms with Crippen molar-refractivity contribution in [3.05, 3.63) is 82.4 Å². The number of aromatic amines is 1. The van der Waals surface area contributed by atoms with Crippen molar-refractivity contribution in [2.45, 2.75) is 13.2 Å². The lowest BCUT2D eigenvalue weighted by atomic mass is 10.2. The molecular formula is C23H21N5O6. The van der Waals surface area contributed by atoms with Gasteiger partial charge in [-0.3, -0.25) is 14.3 Å². The summed E-state index contributed by atoms with van der Waals surface area (Å²) in [4.78, 5) is 47.8. The third-order valence-electron chi connectivity index (χ3n) is 4.80. The van der Waals surface area contributed by atoms with E-state index in [1.807, 2.05) is 0 Å². The maximum Gasteiger partial charge on any atom is 0.343 e. The van der Waals surface area contributed by atoms with Gasteiger partial charge in [0.25, 0.3) is 5.56 Å². The quantitative estimate of drug-likeness (QED) is 0.296. The average molecular weight is 463 g/mol. The highest BCUT2D eigenvalue weighted by Gasteiger charge is 2.22. The second-order valence-corrected chi connectivity index (χ2v) is 7.04. The van der Waals surface area contributed by atoms with E-state index in [0.29, 0.717) is 5.56 Å². The van der Waals surface area contributed by atoms with Crippen molar-refractivity contribution in [3.63, 3.8) is 0 Å². The minimum absolute atomic E-state index is 0.0587. The average Bonchev–Trinajstić information content (AvgIpc) is 3.26. The van der Waals surface area contributed by atoms with Gasteiger partial charge in [0.05, 0.1) is 11.9 Å². The molecule has 3 N–H and O–H groups in total. The number of carbonyl (C=O) groups excluding carboxylic acids is 2. The molecule has 0 bridgehead atoms. The van der Waals surface area contributed by atoms with E-state index in [2.05, 4.69) is 15.0 Å². The molecule has 4 rings (SSSR count). The van der Waals surface area contributed by atoms with Crippen LogP contribution in [-0.2, 0) is 9.47 Å². The lowest BCUT2D eigenvalue weighted by molar-refractivity contribution is -0.0388. The molecule has 0 amide bonds. The SMILES string of the molecule is CCOC(COC(=O)c1ccccc1OC(=O)c1ccccc1)n1cnc2c(=O)[nH]c(N)nc21. The molecule has 0 saturated heterocycles. The number of imidazole rings is 1. The van der Waals surface area contributed by atoms with Crippen molar-refractivity contribution in [2.24, 2.45) is 0 Å². The van der Waals surface area contributed by atoms with Crippen LogP contribution in [0.1, 0.15) is 33.9 Å². The minimum atomic E-state index is -0.827. The summed E-state index contributed by atoms with van der Waals surface area (Å²) < 4.78 is 18.0. The number of carbonyl (C=O) groups is 2. The number of nitrogens with one attached hydrogen (secondary N) is 1. The molecule has 0 spiro atoms. The van der Waals surface area contributed by atoms with Gasteiger partial charge in [-0.15, -0.1) is 0 Å². The Hall–Kier alpha value is -4.51. The van der Waals surface area contributed by atoms with E-state index >= 15 is 0 Å². The Labute approximate surface area is 193 Å². The molecule has 0 radical (unpaired) electrons. The number of para-hydroxylation sites is 1. The highest BCUT2D eigenvalue weighted by Crippen LogP contribution is 2.22. The van der Waals surface area contributed by atoms with Crippen molar-refractivity contribution < 1.29 is 23.8 Å². The lowest BCUT2D eigenvalue weighted by Crippen LogP contribution is -2.22. The van der Waals surface area contributed by atoms with E-state index in [4.69, 9.17) is 19.9 Å². The first-order valence-electron chi connectivity index (χ1n) is 10.3. The number of fused-ring (bicyclic) bond motifs is 1. The molecule has 1 atom stereocenters. The van der Waals surface area contributed by atoms with E-state index in [0.717, 1.165) is 0 Å². The molecule has 11 heteroatoms. The maximum absolute atomic E-state index is 12.8. The Morgan fingerprint density at radius 1 is 1.09 bits per heavy atom. The number of hydrogen-bond donors (Lipinski definition) is 2. The number of nitrogen functional groups attached to an aromatic ring is 1. The molecular weight excluding hydrogens is 442 g/mol. The topological polar surface area (TPSA) is 151 Å². The molecule has 1 unspecified atom stereocenters. The highest BCUT2D eigenvalue weighted by molar-refractivity contribution is 5.96. The fraction of sp³-hybridized carbons (Fsp3) is 0.174. The Morgan fingerprint density at radius 2 is 1.82 bits per heavy atom. The van der Waals surface area contributed by atoms with Gasteiger partial charge in [0.15, 0.2) is 17.4 Å². The van der Waals surface area contributed by atoms with Gasteiger partial charge in [0.2, 0.25) is 5.95 Å². The molecule has 0 aliphatic carbocycles. The summed E-state index contributed by atoms with van der Waals surface area (Å²) in [6.07, 6.45) is 0.530. The Balaban J connectivity index is 1.53. The van der Waals surface area contributed by atoms with Crippen LogP contribution < -0.4 is 16.0 Å². The summed E-state index contributed by atoms with van der Waals surface area (Å²) in [6.45, 7) is 1.82.